The number of aromatic nitrogens is 4. The number of nitrogens with zero attached hydrogens (tertiary/aromatic N) is 4. The molecule has 0 aliphatic heterocycles. The predicted molar refractivity (Wildman–Crippen MR) is 59.1 cm³/mol. The molecule has 16 heavy (non-hydrogen) atoms. The molecular formula is C10H13N5O. The van der Waals surface area contributed by atoms with E-state index in [1.54, 1.807) is 30.3 Å². The summed E-state index contributed by atoms with van der Waals surface area (Å²) in [4.78, 5) is 8.23. The van der Waals surface area contributed by atoms with Crippen LogP contribution in [0.1, 0.15) is 5.69 Å². The van der Waals surface area contributed by atoms with E-state index in [9.17, 15) is 0 Å². The number of hydrogen-bond donors (Lipinski definition) is 1. The molecule has 0 spiro atoms. The molecular weight excluding hydrogens is 206 g/mol. The fourth-order valence-corrected chi connectivity index (χ4v) is 1.29. The molecule has 0 aliphatic carbocycles. The number of aryl methyl sites for hydroxylation is 1. The zero-order valence-corrected chi connectivity index (χ0v) is 9.21. The summed E-state index contributed by atoms with van der Waals surface area (Å²) in [6, 6.07) is 3.64. The first-order valence-corrected chi connectivity index (χ1v) is 4.87. The van der Waals surface area contributed by atoms with Crippen LogP contribution >= 0.6 is 0 Å². The number of methoxy groups -OCH3 is 1. The average Bonchev–Trinajstić information content (AvgIpc) is 2.72. The third kappa shape index (κ3) is 2.28. The van der Waals surface area contributed by atoms with E-state index in [1.807, 2.05) is 13.1 Å². The third-order valence-corrected chi connectivity index (χ3v) is 2.19. The van der Waals surface area contributed by atoms with Crippen LogP contribution in [-0.2, 0) is 13.6 Å². The van der Waals surface area contributed by atoms with Crippen LogP contribution < -0.4 is 10.1 Å². The van der Waals surface area contributed by atoms with Crippen LogP contribution in [0.5, 0.6) is 5.88 Å². The summed E-state index contributed by atoms with van der Waals surface area (Å²) in [6.45, 7) is 0.629. The van der Waals surface area contributed by atoms with E-state index in [4.69, 9.17) is 4.74 Å². The van der Waals surface area contributed by atoms with Gasteiger partial charge in [0.15, 0.2) is 0 Å². The lowest BCUT2D eigenvalue weighted by Gasteiger charge is -2.05. The van der Waals surface area contributed by atoms with Gasteiger partial charge in [0.1, 0.15) is 0 Å². The lowest BCUT2D eigenvalue weighted by molar-refractivity contribution is 0.397. The highest BCUT2D eigenvalue weighted by Gasteiger charge is 2.01. The fraction of sp³-hybridized carbons (Fsp3) is 0.300. The van der Waals surface area contributed by atoms with Gasteiger partial charge in [0.2, 0.25) is 11.8 Å². The van der Waals surface area contributed by atoms with Crippen molar-refractivity contribution in [1.82, 2.24) is 19.7 Å². The minimum absolute atomic E-state index is 0.542. The van der Waals surface area contributed by atoms with Gasteiger partial charge in [0.05, 0.1) is 19.3 Å². The smallest absolute Gasteiger partial charge is 0.226 e. The highest BCUT2D eigenvalue weighted by Crippen LogP contribution is 2.08. The van der Waals surface area contributed by atoms with E-state index >= 15 is 0 Å². The second-order valence-corrected chi connectivity index (χ2v) is 3.22. The summed E-state index contributed by atoms with van der Waals surface area (Å²) in [6.07, 6.45) is 3.40. The standard InChI is InChI=1S/C10H13N5O/c1-15-8(3-6-13-15)7-12-10-11-5-4-9(14-10)16-2/h3-6H,7H2,1-2H3,(H,11,12,14). The minimum Gasteiger partial charge on any atom is -0.481 e. The molecule has 2 heterocycles. The summed E-state index contributed by atoms with van der Waals surface area (Å²) in [5.41, 5.74) is 1.06. The summed E-state index contributed by atoms with van der Waals surface area (Å²) in [5.74, 6) is 1.09. The molecule has 1 N–H and O–H groups in total. The largest absolute Gasteiger partial charge is 0.481 e. The van der Waals surface area contributed by atoms with Gasteiger partial charge in [-0.15, -0.1) is 0 Å². The Kier molecular flexibility index (Phi) is 3.00. The van der Waals surface area contributed by atoms with Crippen molar-refractivity contribution in [2.24, 2.45) is 7.05 Å². The Hall–Kier alpha value is -2.11. The zero-order chi connectivity index (χ0) is 11.4. The van der Waals surface area contributed by atoms with Crippen LogP contribution in [0.2, 0.25) is 0 Å². The molecule has 0 aromatic carbocycles. The normalized spacial score (nSPS) is 10.1. The van der Waals surface area contributed by atoms with E-state index < -0.39 is 0 Å². The minimum atomic E-state index is 0.542. The summed E-state index contributed by atoms with van der Waals surface area (Å²) in [7, 11) is 3.47. The Bertz CT molecular complexity index is 468. The SMILES string of the molecule is COc1ccnc(NCc2ccnn2C)n1. The van der Waals surface area contributed by atoms with Gasteiger partial charge in [-0.2, -0.15) is 10.1 Å². The Balaban J connectivity index is 2.02. The summed E-state index contributed by atoms with van der Waals surface area (Å²) >= 11 is 0. The first-order chi connectivity index (χ1) is 7.79. The number of rotatable bonds is 4. The molecule has 0 atom stereocenters. The van der Waals surface area contributed by atoms with Gasteiger partial charge in [-0.05, 0) is 6.07 Å². The average molecular weight is 219 g/mol. The second-order valence-electron chi connectivity index (χ2n) is 3.22. The molecule has 0 aliphatic rings. The molecule has 6 heteroatoms. The molecule has 0 saturated heterocycles. The number of nitrogens with one attached hydrogen (secondary N) is 1. The maximum atomic E-state index is 5.01. The monoisotopic (exact) mass is 219 g/mol. The zero-order valence-electron chi connectivity index (χ0n) is 9.21. The van der Waals surface area contributed by atoms with Crippen molar-refractivity contribution < 1.29 is 4.74 Å². The summed E-state index contributed by atoms with van der Waals surface area (Å²) in [5, 5.41) is 7.17. The van der Waals surface area contributed by atoms with E-state index in [0.717, 1.165) is 5.69 Å². The number of ether oxygens (including phenoxy) is 1. The van der Waals surface area contributed by atoms with Gasteiger partial charge in [0, 0.05) is 25.5 Å². The van der Waals surface area contributed by atoms with Crippen LogP contribution in [0.15, 0.2) is 24.5 Å². The first kappa shape index (κ1) is 10.4. The molecule has 6 nitrogen and oxygen atoms in total. The molecule has 0 unspecified atom stereocenters. The van der Waals surface area contributed by atoms with Crippen LogP contribution in [0.4, 0.5) is 5.95 Å². The molecule has 0 bridgehead atoms. The van der Waals surface area contributed by atoms with Gasteiger partial charge in [0.25, 0.3) is 0 Å². The summed E-state index contributed by atoms with van der Waals surface area (Å²) < 4.78 is 6.81. The molecule has 2 aromatic heterocycles. The molecule has 2 rings (SSSR count). The molecule has 84 valence electrons. The Morgan fingerprint density at radius 3 is 2.94 bits per heavy atom. The molecule has 2 aromatic rings. The Morgan fingerprint density at radius 1 is 1.38 bits per heavy atom. The Morgan fingerprint density at radius 2 is 2.25 bits per heavy atom. The van der Waals surface area contributed by atoms with E-state index in [2.05, 4.69) is 20.4 Å². The van der Waals surface area contributed by atoms with Crippen LogP contribution in [0.3, 0.4) is 0 Å². The number of anilines is 1. The van der Waals surface area contributed by atoms with Gasteiger partial charge < -0.3 is 10.1 Å². The first-order valence-electron chi connectivity index (χ1n) is 4.87. The quantitative estimate of drug-likeness (QED) is 0.825. The lowest BCUT2D eigenvalue weighted by Crippen LogP contribution is -2.07. The maximum absolute atomic E-state index is 5.01. The molecule has 0 amide bonds. The van der Waals surface area contributed by atoms with E-state index in [1.165, 1.54) is 0 Å². The van der Waals surface area contributed by atoms with Crippen molar-refractivity contribution in [3.63, 3.8) is 0 Å². The van der Waals surface area contributed by atoms with E-state index in [-0.39, 0.29) is 0 Å². The molecule has 0 radical (unpaired) electrons. The van der Waals surface area contributed by atoms with Crippen LogP contribution in [0, 0.1) is 0 Å². The van der Waals surface area contributed by atoms with Crippen molar-refractivity contribution in [2.45, 2.75) is 6.54 Å². The molecule has 0 saturated carbocycles. The van der Waals surface area contributed by atoms with Crippen molar-refractivity contribution in [3.05, 3.63) is 30.2 Å². The van der Waals surface area contributed by atoms with Crippen molar-refractivity contribution in [1.29, 1.82) is 0 Å². The third-order valence-electron chi connectivity index (χ3n) is 2.19. The van der Waals surface area contributed by atoms with Crippen LogP contribution in [-0.4, -0.2) is 26.9 Å². The van der Waals surface area contributed by atoms with Crippen molar-refractivity contribution in [3.8, 4) is 5.88 Å². The predicted octanol–water partition coefficient (Wildman–Crippen LogP) is 0.831. The van der Waals surface area contributed by atoms with Gasteiger partial charge >= 0.3 is 0 Å². The second kappa shape index (κ2) is 4.61. The van der Waals surface area contributed by atoms with Crippen molar-refractivity contribution >= 4 is 5.95 Å². The van der Waals surface area contributed by atoms with Crippen LogP contribution in [0.25, 0.3) is 0 Å². The van der Waals surface area contributed by atoms with Gasteiger partial charge in [-0.25, -0.2) is 4.98 Å². The molecule has 0 fully saturated rings. The van der Waals surface area contributed by atoms with Gasteiger partial charge in [-0.3, -0.25) is 4.68 Å². The fourth-order valence-electron chi connectivity index (χ4n) is 1.29. The van der Waals surface area contributed by atoms with E-state index in [0.29, 0.717) is 18.4 Å². The highest BCUT2D eigenvalue weighted by molar-refractivity contribution is 5.28. The number of hydrogen-bond acceptors (Lipinski definition) is 5. The topological polar surface area (TPSA) is 64.9 Å². The van der Waals surface area contributed by atoms with Crippen molar-refractivity contribution in [2.75, 3.05) is 12.4 Å². The Labute approximate surface area is 93.3 Å². The highest BCUT2D eigenvalue weighted by atomic mass is 16.5. The maximum Gasteiger partial charge on any atom is 0.226 e. The lowest BCUT2D eigenvalue weighted by atomic mass is 10.4. The van der Waals surface area contributed by atoms with Gasteiger partial charge in [-0.1, -0.05) is 0 Å².